The van der Waals surface area contributed by atoms with Gasteiger partial charge in [-0.3, -0.25) is 0 Å². The molecule has 0 unspecified atom stereocenters. The summed E-state index contributed by atoms with van der Waals surface area (Å²) in [5, 5.41) is 0. The number of ether oxygens (including phenoxy) is 3. The summed E-state index contributed by atoms with van der Waals surface area (Å²) in [6.07, 6.45) is 5.00. The zero-order valence-electron chi connectivity index (χ0n) is 17.7. The van der Waals surface area contributed by atoms with Crippen LogP contribution in [0.1, 0.15) is 44.1 Å². The van der Waals surface area contributed by atoms with E-state index in [0.29, 0.717) is 18.4 Å². The highest BCUT2D eigenvalue weighted by Crippen LogP contribution is 2.37. The van der Waals surface area contributed by atoms with E-state index in [1.807, 2.05) is 30.3 Å². The first-order valence-electron chi connectivity index (χ1n) is 10.8. The van der Waals surface area contributed by atoms with Crippen LogP contribution in [-0.4, -0.2) is 37.9 Å². The Labute approximate surface area is 185 Å². The van der Waals surface area contributed by atoms with Crippen molar-refractivity contribution >= 4 is 18.1 Å². The van der Waals surface area contributed by atoms with Crippen LogP contribution < -0.4 is 19.9 Å². The Morgan fingerprint density at radius 2 is 1.87 bits per heavy atom. The molecule has 2 atom stereocenters. The zero-order chi connectivity index (χ0) is 20.1. The minimum Gasteiger partial charge on any atom is -0.493 e. The van der Waals surface area contributed by atoms with Crippen LogP contribution >= 0.6 is 12.4 Å². The van der Waals surface area contributed by atoms with Gasteiger partial charge in [0.2, 0.25) is 6.79 Å². The number of piperidine rings is 1. The Balaban J connectivity index is 0.00000256. The topological polar surface area (TPSA) is 57.0 Å². The van der Waals surface area contributed by atoms with Gasteiger partial charge in [-0.25, -0.2) is 0 Å². The number of hydrogen-bond donors (Lipinski definition) is 1. The van der Waals surface area contributed by atoms with Gasteiger partial charge in [-0.2, -0.15) is 0 Å². The van der Waals surface area contributed by atoms with Gasteiger partial charge in [0.05, 0.1) is 6.61 Å². The van der Waals surface area contributed by atoms with Gasteiger partial charge in [0, 0.05) is 24.2 Å². The minimum absolute atomic E-state index is 0. The highest BCUT2D eigenvalue weighted by atomic mass is 35.5. The molecule has 0 aliphatic carbocycles. The molecule has 0 spiro atoms. The first kappa shape index (κ1) is 22.6. The van der Waals surface area contributed by atoms with Gasteiger partial charge in [0.15, 0.2) is 11.5 Å². The lowest BCUT2D eigenvalue weighted by molar-refractivity contribution is 0.109. The molecule has 164 valence electrons. The number of rotatable bonds is 8. The molecule has 0 amide bonds. The highest BCUT2D eigenvalue weighted by molar-refractivity contribution is 5.85. The second-order valence-electron chi connectivity index (χ2n) is 8.16. The van der Waals surface area contributed by atoms with E-state index in [-0.39, 0.29) is 19.2 Å². The Bertz CT molecular complexity index is 800. The fourth-order valence-corrected chi connectivity index (χ4v) is 4.42. The molecule has 2 aromatic carbocycles. The van der Waals surface area contributed by atoms with Crippen LogP contribution in [0.25, 0.3) is 0 Å². The van der Waals surface area contributed by atoms with E-state index < -0.39 is 0 Å². The van der Waals surface area contributed by atoms with Gasteiger partial charge in [0.25, 0.3) is 0 Å². The standard InChI is InChI=1S/C24H32N2O3.ClH/c1-2-3-4-12-26-13-11-22(18-5-7-20(25)8-6-18)19(15-26)16-27-21-9-10-23-24(14-21)29-17-28-23;/h5-10,14,19,22H,2-4,11-13,15-17,25H2,1H3;1H/t19-,22-;/m0./s1. The Morgan fingerprint density at radius 3 is 2.67 bits per heavy atom. The van der Waals surface area contributed by atoms with Crippen LogP contribution in [0.5, 0.6) is 17.2 Å². The number of halogens is 1. The van der Waals surface area contributed by atoms with Gasteiger partial charge in [-0.05, 0) is 61.7 Å². The van der Waals surface area contributed by atoms with Crippen LogP contribution in [-0.2, 0) is 0 Å². The van der Waals surface area contributed by atoms with E-state index in [4.69, 9.17) is 19.9 Å². The third-order valence-electron chi connectivity index (χ3n) is 6.07. The number of benzene rings is 2. The Hall–Kier alpha value is -2.11. The second-order valence-corrected chi connectivity index (χ2v) is 8.16. The van der Waals surface area contributed by atoms with Crippen molar-refractivity contribution in [2.75, 3.05) is 38.8 Å². The first-order chi connectivity index (χ1) is 14.2. The number of likely N-dealkylation sites (tertiary alicyclic amines) is 1. The van der Waals surface area contributed by atoms with E-state index in [1.165, 1.54) is 31.4 Å². The SMILES string of the molecule is CCCCCN1CC[C@@H](c2ccc(N)cc2)[C@H](COc2ccc3c(c2)OCO3)C1.Cl. The summed E-state index contributed by atoms with van der Waals surface area (Å²) >= 11 is 0. The molecule has 2 aromatic rings. The van der Waals surface area contributed by atoms with Crippen molar-refractivity contribution in [3.63, 3.8) is 0 Å². The highest BCUT2D eigenvalue weighted by Gasteiger charge is 2.31. The molecule has 5 nitrogen and oxygen atoms in total. The molecule has 2 N–H and O–H groups in total. The van der Waals surface area contributed by atoms with E-state index in [0.717, 1.165) is 42.4 Å². The van der Waals surface area contributed by atoms with Crippen molar-refractivity contribution in [1.29, 1.82) is 0 Å². The summed E-state index contributed by atoms with van der Waals surface area (Å²) in [6.45, 7) is 6.65. The predicted molar refractivity (Wildman–Crippen MR) is 123 cm³/mol. The quantitative estimate of drug-likeness (QED) is 0.464. The molecule has 1 saturated heterocycles. The van der Waals surface area contributed by atoms with Crippen LogP contribution in [0.3, 0.4) is 0 Å². The summed E-state index contributed by atoms with van der Waals surface area (Å²) in [5.74, 6) is 3.33. The lowest BCUT2D eigenvalue weighted by Gasteiger charge is -2.39. The van der Waals surface area contributed by atoms with Crippen molar-refractivity contribution < 1.29 is 14.2 Å². The number of nitrogens with two attached hydrogens (primary N) is 1. The van der Waals surface area contributed by atoms with E-state index in [2.05, 4.69) is 24.0 Å². The fourth-order valence-electron chi connectivity index (χ4n) is 4.42. The number of hydrogen-bond acceptors (Lipinski definition) is 5. The average molecular weight is 433 g/mol. The van der Waals surface area contributed by atoms with E-state index in [9.17, 15) is 0 Å². The van der Waals surface area contributed by atoms with Gasteiger partial charge in [0.1, 0.15) is 5.75 Å². The molecule has 2 aliphatic rings. The monoisotopic (exact) mass is 432 g/mol. The average Bonchev–Trinajstić information content (AvgIpc) is 3.21. The maximum Gasteiger partial charge on any atom is 0.231 e. The molecule has 0 aromatic heterocycles. The lowest BCUT2D eigenvalue weighted by atomic mass is 9.80. The molecular weight excluding hydrogens is 400 g/mol. The molecule has 0 bridgehead atoms. The van der Waals surface area contributed by atoms with E-state index in [1.54, 1.807) is 0 Å². The molecule has 2 aliphatic heterocycles. The predicted octanol–water partition coefficient (Wildman–Crippen LogP) is 5.09. The molecule has 1 fully saturated rings. The number of anilines is 1. The van der Waals surface area contributed by atoms with Gasteiger partial charge < -0.3 is 24.8 Å². The van der Waals surface area contributed by atoms with Crippen LogP contribution in [0.15, 0.2) is 42.5 Å². The molecule has 0 saturated carbocycles. The molecule has 4 rings (SSSR count). The molecular formula is C24H33ClN2O3. The van der Waals surface area contributed by atoms with E-state index >= 15 is 0 Å². The van der Waals surface area contributed by atoms with Crippen molar-refractivity contribution in [2.24, 2.45) is 5.92 Å². The van der Waals surface area contributed by atoms with Crippen molar-refractivity contribution in [2.45, 2.75) is 38.5 Å². The minimum atomic E-state index is 0. The normalized spacial score (nSPS) is 20.6. The van der Waals surface area contributed by atoms with Gasteiger partial charge >= 0.3 is 0 Å². The summed E-state index contributed by atoms with van der Waals surface area (Å²) in [4.78, 5) is 2.61. The molecule has 2 heterocycles. The summed E-state index contributed by atoms with van der Waals surface area (Å²) in [5.41, 5.74) is 8.09. The van der Waals surface area contributed by atoms with Crippen LogP contribution in [0.2, 0.25) is 0 Å². The number of unbranched alkanes of at least 4 members (excludes halogenated alkanes) is 2. The first-order valence-corrected chi connectivity index (χ1v) is 10.8. The zero-order valence-corrected chi connectivity index (χ0v) is 18.5. The van der Waals surface area contributed by atoms with Gasteiger partial charge in [-0.15, -0.1) is 12.4 Å². The van der Waals surface area contributed by atoms with Crippen LogP contribution in [0, 0.1) is 5.92 Å². The third-order valence-corrected chi connectivity index (χ3v) is 6.07. The van der Waals surface area contributed by atoms with Gasteiger partial charge in [-0.1, -0.05) is 31.9 Å². The number of nitrogens with zero attached hydrogens (tertiary/aromatic N) is 1. The summed E-state index contributed by atoms with van der Waals surface area (Å²) < 4.78 is 17.1. The van der Waals surface area contributed by atoms with Crippen molar-refractivity contribution in [3.05, 3.63) is 48.0 Å². The molecule has 6 heteroatoms. The smallest absolute Gasteiger partial charge is 0.231 e. The summed E-state index contributed by atoms with van der Waals surface area (Å²) in [7, 11) is 0. The van der Waals surface area contributed by atoms with Crippen molar-refractivity contribution in [3.8, 4) is 17.2 Å². The lowest BCUT2D eigenvalue weighted by Crippen LogP contribution is -2.42. The largest absolute Gasteiger partial charge is 0.493 e. The maximum absolute atomic E-state index is 6.23. The number of nitrogen functional groups attached to an aromatic ring is 1. The molecule has 0 radical (unpaired) electrons. The van der Waals surface area contributed by atoms with Crippen molar-refractivity contribution in [1.82, 2.24) is 4.90 Å². The fraction of sp³-hybridized carbons (Fsp3) is 0.500. The van der Waals surface area contributed by atoms with Crippen LogP contribution in [0.4, 0.5) is 5.69 Å². The third kappa shape index (κ3) is 5.52. The summed E-state index contributed by atoms with van der Waals surface area (Å²) in [6, 6.07) is 14.2. The maximum atomic E-state index is 6.23. The number of fused-ring (bicyclic) bond motifs is 1. The molecule has 30 heavy (non-hydrogen) atoms. The Kier molecular flexibility index (Phi) is 8.11. The second kappa shape index (κ2) is 10.8. The Morgan fingerprint density at radius 1 is 1.07 bits per heavy atom.